The molecule has 3 aliphatic rings. The minimum atomic E-state index is -0.261. The number of imide groups is 1. The number of carbonyl (C=O) groups excluding carboxylic acids is 3. The largest absolute Gasteiger partial charge is 0.358 e. The van der Waals surface area contributed by atoms with Crippen LogP contribution in [-0.2, 0) is 24.2 Å². The fraction of sp³-hybridized carbons (Fsp3) is 0.258. The number of carbonyl (C=O) groups is 3. The third kappa shape index (κ3) is 3.65. The topological polar surface area (TPSA) is 76.7 Å². The second kappa shape index (κ2) is 8.96. The maximum Gasteiger partial charge on any atom is 0.261 e. The van der Waals surface area contributed by atoms with Gasteiger partial charge >= 0.3 is 0 Å². The van der Waals surface area contributed by atoms with E-state index in [1.165, 1.54) is 27.1 Å². The van der Waals surface area contributed by atoms with Crippen molar-refractivity contribution in [3.05, 3.63) is 106 Å². The van der Waals surface area contributed by atoms with E-state index in [1.54, 1.807) is 24.3 Å². The average Bonchev–Trinajstić information content (AvgIpc) is 3.44. The van der Waals surface area contributed by atoms with Gasteiger partial charge in [-0.1, -0.05) is 54.6 Å². The van der Waals surface area contributed by atoms with E-state index in [9.17, 15) is 14.4 Å². The predicted octanol–water partition coefficient (Wildman–Crippen LogP) is 3.95. The summed E-state index contributed by atoms with van der Waals surface area (Å²) in [7, 11) is 0. The molecular formula is C31H28N4O3. The van der Waals surface area contributed by atoms with Gasteiger partial charge in [0.1, 0.15) is 0 Å². The Hall–Kier alpha value is -4.23. The van der Waals surface area contributed by atoms with Crippen molar-refractivity contribution in [2.24, 2.45) is 0 Å². The molecule has 0 spiro atoms. The Morgan fingerprint density at radius 2 is 1.55 bits per heavy atom. The zero-order valence-electron chi connectivity index (χ0n) is 21.0. The second-order valence-corrected chi connectivity index (χ2v) is 10.4. The molecule has 0 aliphatic carbocycles. The predicted molar refractivity (Wildman–Crippen MR) is 144 cm³/mol. The van der Waals surface area contributed by atoms with Crippen LogP contribution >= 0.6 is 0 Å². The number of rotatable bonds is 4. The van der Waals surface area contributed by atoms with Crippen molar-refractivity contribution >= 4 is 28.6 Å². The van der Waals surface area contributed by atoms with E-state index in [2.05, 4.69) is 34.1 Å². The van der Waals surface area contributed by atoms with Gasteiger partial charge in [-0.3, -0.25) is 24.2 Å². The van der Waals surface area contributed by atoms with Gasteiger partial charge in [-0.15, -0.1) is 0 Å². The Labute approximate surface area is 220 Å². The molecule has 1 aromatic heterocycles. The molecule has 4 heterocycles. The van der Waals surface area contributed by atoms with Gasteiger partial charge in [0.2, 0.25) is 5.91 Å². The molecule has 0 bridgehead atoms. The zero-order valence-corrected chi connectivity index (χ0v) is 21.0. The molecule has 38 heavy (non-hydrogen) atoms. The number of hydrogen-bond acceptors (Lipinski definition) is 4. The molecule has 3 aliphatic heterocycles. The number of nitrogens with one attached hydrogen (secondary N) is 1. The summed E-state index contributed by atoms with van der Waals surface area (Å²) in [6, 6.07) is 23.2. The van der Waals surface area contributed by atoms with Crippen LogP contribution in [0.15, 0.2) is 72.8 Å². The van der Waals surface area contributed by atoms with Gasteiger partial charge in [0.15, 0.2) is 0 Å². The van der Waals surface area contributed by atoms with Gasteiger partial charge in [-0.05, 0) is 35.7 Å². The Morgan fingerprint density at radius 3 is 2.37 bits per heavy atom. The van der Waals surface area contributed by atoms with E-state index in [0.29, 0.717) is 30.8 Å². The van der Waals surface area contributed by atoms with Crippen LogP contribution < -0.4 is 0 Å². The van der Waals surface area contributed by atoms with E-state index in [-0.39, 0.29) is 36.9 Å². The lowest BCUT2D eigenvalue weighted by molar-refractivity contribution is -0.134. The highest BCUT2D eigenvalue weighted by molar-refractivity contribution is 6.21. The number of fused-ring (bicyclic) bond motifs is 5. The maximum absolute atomic E-state index is 13.7. The number of H-pyrrole nitrogens is 1. The van der Waals surface area contributed by atoms with Crippen LogP contribution in [0.5, 0.6) is 0 Å². The van der Waals surface area contributed by atoms with Crippen molar-refractivity contribution in [1.82, 2.24) is 19.7 Å². The lowest BCUT2D eigenvalue weighted by Crippen LogP contribution is -2.49. The van der Waals surface area contributed by atoms with Crippen LogP contribution in [0.4, 0.5) is 0 Å². The molecule has 3 amide bonds. The number of hydrogen-bond donors (Lipinski definition) is 1. The molecular weight excluding hydrogens is 476 g/mol. The van der Waals surface area contributed by atoms with Crippen LogP contribution in [0.3, 0.4) is 0 Å². The molecule has 190 valence electrons. The molecule has 4 aromatic rings. The van der Waals surface area contributed by atoms with Crippen molar-refractivity contribution < 1.29 is 14.4 Å². The van der Waals surface area contributed by atoms with Crippen LogP contribution in [0, 0.1) is 0 Å². The number of amides is 3. The first-order chi connectivity index (χ1) is 18.6. The highest BCUT2D eigenvalue weighted by Gasteiger charge is 2.40. The minimum Gasteiger partial charge on any atom is -0.358 e. The van der Waals surface area contributed by atoms with Gasteiger partial charge < -0.3 is 9.88 Å². The molecule has 1 N–H and O–H groups in total. The van der Waals surface area contributed by atoms with Crippen molar-refractivity contribution in [3.8, 4) is 0 Å². The van der Waals surface area contributed by atoms with Gasteiger partial charge in [0.25, 0.3) is 11.8 Å². The summed E-state index contributed by atoms with van der Waals surface area (Å²) in [5.41, 5.74) is 6.72. The van der Waals surface area contributed by atoms with Crippen LogP contribution in [0.25, 0.3) is 10.9 Å². The lowest BCUT2D eigenvalue weighted by atomic mass is 9.92. The molecule has 3 aromatic carbocycles. The van der Waals surface area contributed by atoms with E-state index >= 15 is 0 Å². The molecule has 0 unspecified atom stereocenters. The van der Waals surface area contributed by atoms with E-state index in [0.717, 1.165) is 23.9 Å². The fourth-order valence-electron chi connectivity index (χ4n) is 6.34. The Bertz CT molecular complexity index is 1570. The van der Waals surface area contributed by atoms with Crippen LogP contribution in [0.2, 0.25) is 0 Å². The smallest absolute Gasteiger partial charge is 0.261 e. The quantitative estimate of drug-likeness (QED) is 0.427. The number of benzene rings is 3. The summed E-state index contributed by atoms with van der Waals surface area (Å²) >= 11 is 0. The second-order valence-electron chi connectivity index (χ2n) is 10.4. The Balaban J connectivity index is 1.14. The third-order valence-electron chi connectivity index (χ3n) is 8.33. The zero-order chi connectivity index (χ0) is 25.8. The summed E-state index contributed by atoms with van der Waals surface area (Å²) in [5.74, 6) is -0.446. The standard InChI is InChI=1S/C31H28N4O3/c36-29(34-16-14-27-25(17-34)22-9-5-6-12-26(22)32-27)19-33-15-13-20-7-1-2-8-21(20)28(33)18-35-30(37)23-10-3-4-11-24(23)31(35)38/h1-12,28,32H,13-19H2/t28-/m0/s1. The third-order valence-corrected chi connectivity index (χ3v) is 8.33. The number of aromatic amines is 1. The van der Waals surface area contributed by atoms with Gasteiger partial charge in [-0.25, -0.2) is 0 Å². The number of aromatic nitrogens is 1. The first-order valence-corrected chi connectivity index (χ1v) is 13.2. The average molecular weight is 505 g/mol. The van der Waals surface area contributed by atoms with E-state index in [4.69, 9.17) is 0 Å². The molecule has 0 saturated carbocycles. The van der Waals surface area contributed by atoms with E-state index < -0.39 is 0 Å². The Kier molecular flexibility index (Phi) is 5.40. The van der Waals surface area contributed by atoms with Crippen LogP contribution in [0.1, 0.15) is 49.1 Å². The van der Waals surface area contributed by atoms with Crippen molar-refractivity contribution in [2.45, 2.75) is 25.4 Å². The van der Waals surface area contributed by atoms with Gasteiger partial charge in [-0.2, -0.15) is 0 Å². The van der Waals surface area contributed by atoms with Gasteiger partial charge in [0.05, 0.1) is 23.7 Å². The Morgan fingerprint density at radius 1 is 0.842 bits per heavy atom. The first kappa shape index (κ1) is 22.9. The monoisotopic (exact) mass is 504 g/mol. The SMILES string of the molecule is O=C(CN1CCc2ccccc2[C@@H]1CN1C(=O)c2ccccc2C1=O)N1CCc2[nH]c3ccccc3c2C1. The van der Waals surface area contributed by atoms with Crippen molar-refractivity contribution in [3.63, 3.8) is 0 Å². The van der Waals surface area contributed by atoms with Crippen molar-refractivity contribution in [1.29, 1.82) is 0 Å². The lowest BCUT2D eigenvalue weighted by Gasteiger charge is -2.39. The molecule has 7 rings (SSSR count). The van der Waals surface area contributed by atoms with E-state index in [1.807, 2.05) is 29.2 Å². The highest BCUT2D eigenvalue weighted by atomic mass is 16.2. The summed E-state index contributed by atoms with van der Waals surface area (Å²) in [4.78, 5) is 49.0. The van der Waals surface area contributed by atoms with Crippen molar-refractivity contribution in [2.75, 3.05) is 26.2 Å². The highest BCUT2D eigenvalue weighted by Crippen LogP contribution is 2.34. The molecule has 7 heteroatoms. The summed E-state index contributed by atoms with van der Waals surface area (Å²) in [6.07, 6.45) is 1.63. The summed E-state index contributed by atoms with van der Waals surface area (Å²) in [5, 5.41) is 1.18. The molecule has 0 saturated heterocycles. The maximum atomic E-state index is 13.7. The normalized spacial score (nSPS) is 19.0. The molecule has 0 radical (unpaired) electrons. The molecule has 0 fully saturated rings. The first-order valence-electron chi connectivity index (χ1n) is 13.2. The number of nitrogens with zero attached hydrogens (tertiary/aromatic N) is 3. The molecule has 1 atom stereocenters. The molecule has 7 nitrogen and oxygen atoms in total. The van der Waals surface area contributed by atoms with Crippen LogP contribution in [-0.4, -0.2) is 63.6 Å². The summed E-state index contributed by atoms with van der Waals surface area (Å²) < 4.78 is 0. The van der Waals surface area contributed by atoms with Gasteiger partial charge in [0, 0.05) is 54.8 Å². The minimum absolute atomic E-state index is 0.0765. The summed E-state index contributed by atoms with van der Waals surface area (Å²) in [6.45, 7) is 2.43. The number of para-hydroxylation sites is 1. The fourth-order valence-corrected chi connectivity index (χ4v) is 6.34.